The lowest BCUT2D eigenvalue weighted by Crippen LogP contribution is -2.15. The first kappa shape index (κ1) is 6.26. The fourth-order valence-corrected chi connectivity index (χ4v) is 0.889. The summed E-state index contributed by atoms with van der Waals surface area (Å²) in [7, 11) is 0. The smallest absolute Gasteiger partial charge is 0.328 e. The molecule has 0 spiro atoms. The molecule has 1 N–H and O–H groups in total. The Morgan fingerprint density at radius 3 is 2.78 bits per heavy atom. The van der Waals surface area contributed by atoms with Crippen LogP contribution in [-0.4, -0.2) is 23.3 Å². The molecule has 1 aliphatic heterocycles. The van der Waals surface area contributed by atoms with Crippen LogP contribution < -0.4 is 0 Å². The van der Waals surface area contributed by atoms with Gasteiger partial charge in [-0.15, -0.1) is 0 Å². The van der Waals surface area contributed by atoms with Crippen LogP contribution >= 0.6 is 0 Å². The summed E-state index contributed by atoms with van der Waals surface area (Å²) in [6.07, 6.45) is 2.37. The summed E-state index contributed by atoms with van der Waals surface area (Å²) in [5.41, 5.74) is 0. The summed E-state index contributed by atoms with van der Waals surface area (Å²) < 4.78 is 0. The number of carbonyl (C=O) groups is 1. The molecule has 1 aliphatic rings. The molecule has 1 heterocycles. The Bertz CT molecular complexity index is 153. The van der Waals surface area contributed by atoms with Crippen LogP contribution in [0.2, 0.25) is 0 Å². The molecule has 9 heavy (non-hydrogen) atoms. The van der Waals surface area contributed by atoms with E-state index >= 15 is 0 Å². The molecule has 0 bridgehead atoms. The van der Waals surface area contributed by atoms with Gasteiger partial charge in [0.15, 0.2) is 0 Å². The fourth-order valence-electron chi connectivity index (χ4n) is 0.889. The summed E-state index contributed by atoms with van der Waals surface area (Å²) >= 11 is 0. The van der Waals surface area contributed by atoms with Crippen LogP contribution in [-0.2, 0) is 4.79 Å². The summed E-state index contributed by atoms with van der Waals surface area (Å²) in [5.74, 6) is -0.471. The minimum absolute atomic E-state index is 0.339. The first-order valence-electron chi connectivity index (χ1n) is 2.96. The van der Waals surface area contributed by atoms with Crippen LogP contribution in [0, 0.1) is 5.92 Å². The zero-order chi connectivity index (χ0) is 6.85. The van der Waals surface area contributed by atoms with E-state index in [1.54, 1.807) is 6.21 Å². The van der Waals surface area contributed by atoms with Gasteiger partial charge in [-0.05, 0) is 12.3 Å². The lowest BCUT2D eigenvalue weighted by atomic mass is 10.1. The Kier molecular flexibility index (Phi) is 1.51. The Labute approximate surface area is 53.4 Å². The number of carboxylic acids is 1. The van der Waals surface area contributed by atoms with Gasteiger partial charge in [0.2, 0.25) is 0 Å². The predicted molar refractivity (Wildman–Crippen MR) is 33.7 cm³/mol. The van der Waals surface area contributed by atoms with Crippen LogP contribution in [0.25, 0.3) is 0 Å². The van der Waals surface area contributed by atoms with Crippen molar-refractivity contribution in [3.63, 3.8) is 0 Å². The number of rotatable bonds is 1. The van der Waals surface area contributed by atoms with Crippen molar-refractivity contribution in [2.45, 2.75) is 19.4 Å². The molecular weight excluding hydrogens is 118 g/mol. The van der Waals surface area contributed by atoms with Gasteiger partial charge in [0.05, 0.1) is 0 Å². The van der Waals surface area contributed by atoms with Crippen LogP contribution in [0.3, 0.4) is 0 Å². The third-order valence-corrected chi connectivity index (χ3v) is 1.40. The van der Waals surface area contributed by atoms with Gasteiger partial charge in [-0.25, -0.2) is 4.79 Å². The highest BCUT2D eigenvalue weighted by atomic mass is 16.4. The second kappa shape index (κ2) is 2.17. The van der Waals surface area contributed by atoms with E-state index in [2.05, 4.69) is 4.99 Å². The van der Waals surface area contributed by atoms with Crippen molar-refractivity contribution in [2.24, 2.45) is 10.9 Å². The van der Waals surface area contributed by atoms with E-state index in [4.69, 9.17) is 5.11 Å². The van der Waals surface area contributed by atoms with Crippen molar-refractivity contribution in [1.82, 2.24) is 0 Å². The predicted octanol–water partition coefficient (Wildman–Crippen LogP) is 0.550. The highest BCUT2D eigenvalue weighted by molar-refractivity contribution is 5.79. The average molecular weight is 127 g/mol. The van der Waals surface area contributed by atoms with E-state index in [1.165, 1.54) is 0 Å². The van der Waals surface area contributed by atoms with E-state index in [9.17, 15) is 4.79 Å². The Balaban J connectivity index is 2.50. The monoisotopic (exact) mass is 127 g/mol. The largest absolute Gasteiger partial charge is 0.480 e. The van der Waals surface area contributed by atoms with Gasteiger partial charge in [-0.1, -0.05) is 6.92 Å². The molecule has 0 aromatic rings. The van der Waals surface area contributed by atoms with Crippen molar-refractivity contribution in [2.75, 3.05) is 0 Å². The summed E-state index contributed by atoms with van der Waals surface area (Å²) in [6.45, 7) is 1.96. The SMILES string of the molecule is C[C@H]1C=N[C@H](C(=O)O)C1. The zero-order valence-corrected chi connectivity index (χ0v) is 5.24. The Morgan fingerprint density at radius 2 is 2.56 bits per heavy atom. The third-order valence-electron chi connectivity index (χ3n) is 1.40. The maximum Gasteiger partial charge on any atom is 0.328 e. The highest BCUT2D eigenvalue weighted by Gasteiger charge is 2.22. The molecule has 0 saturated heterocycles. The van der Waals surface area contributed by atoms with Gasteiger partial charge in [0, 0.05) is 6.21 Å². The van der Waals surface area contributed by atoms with Gasteiger partial charge < -0.3 is 5.11 Å². The van der Waals surface area contributed by atoms with Crippen molar-refractivity contribution in [1.29, 1.82) is 0 Å². The molecular formula is C6H9NO2. The van der Waals surface area contributed by atoms with Crippen molar-refractivity contribution >= 4 is 12.2 Å². The van der Waals surface area contributed by atoms with Crippen molar-refractivity contribution in [3.8, 4) is 0 Å². The van der Waals surface area contributed by atoms with Gasteiger partial charge in [-0.2, -0.15) is 0 Å². The maximum atomic E-state index is 10.2. The maximum absolute atomic E-state index is 10.2. The van der Waals surface area contributed by atoms with Crippen LogP contribution in [0.5, 0.6) is 0 Å². The van der Waals surface area contributed by atoms with E-state index in [-0.39, 0.29) is 0 Å². The fraction of sp³-hybridized carbons (Fsp3) is 0.667. The molecule has 0 aliphatic carbocycles. The molecule has 0 aromatic carbocycles. The molecule has 1 rings (SSSR count). The molecule has 0 amide bonds. The van der Waals surface area contributed by atoms with Gasteiger partial charge >= 0.3 is 5.97 Å². The van der Waals surface area contributed by atoms with E-state index in [0.29, 0.717) is 12.3 Å². The Morgan fingerprint density at radius 1 is 1.89 bits per heavy atom. The summed E-state index contributed by atoms with van der Waals surface area (Å²) in [4.78, 5) is 14.0. The number of aliphatic imine (C=N–C) groups is 1. The van der Waals surface area contributed by atoms with Gasteiger partial charge in [0.1, 0.15) is 6.04 Å². The van der Waals surface area contributed by atoms with Crippen molar-refractivity contribution in [3.05, 3.63) is 0 Å². The normalized spacial score (nSPS) is 33.0. The molecule has 0 saturated carbocycles. The molecule has 3 nitrogen and oxygen atoms in total. The molecule has 50 valence electrons. The molecule has 2 atom stereocenters. The summed E-state index contributed by atoms with van der Waals surface area (Å²) in [5, 5.41) is 8.42. The van der Waals surface area contributed by atoms with Crippen LogP contribution in [0.4, 0.5) is 0 Å². The number of nitrogens with zero attached hydrogens (tertiary/aromatic N) is 1. The van der Waals surface area contributed by atoms with E-state index in [1.807, 2.05) is 6.92 Å². The number of hydrogen-bond donors (Lipinski definition) is 1. The topological polar surface area (TPSA) is 49.7 Å². The van der Waals surface area contributed by atoms with Crippen LogP contribution in [0.15, 0.2) is 4.99 Å². The molecule has 0 aromatic heterocycles. The first-order chi connectivity index (χ1) is 4.20. The Hall–Kier alpha value is -0.860. The van der Waals surface area contributed by atoms with Crippen LogP contribution in [0.1, 0.15) is 13.3 Å². The molecule has 0 radical (unpaired) electrons. The zero-order valence-electron chi connectivity index (χ0n) is 5.24. The van der Waals surface area contributed by atoms with Gasteiger partial charge in [0.25, 0.3) is 0 Å². The minimum atomic E-state index is -0.810. The first-order valence-corrected chi connectivity index (χ1v) is 2.96. The number of carboxylic acid groups (broad SMARTS) is 1. The second-order valence-corrected chi connectivity index (χ2v) is 2.37. The van der Waals surface area contributed by atoms with Crippen molar-refractivity contribution < 1.29 is 9.90 Å². The van der Waals surface area contributed by atoms with E-state index < -0.39 is 12.0 Å². The number of hydrogen-bond acceptors (Lipinski definition) is 2. The number of aliphatic carboxylic acids is 1. The third kappa shape index (κ3) is 1.28. The summed E-state index contributed by atoms with van der Waals surface area (Å²) in [6, 6.07) is -0.472. The standard InChI is InChI=1S/C6H9NO2/c1-4-2-5(6(8)9)7-3-4/h3-5H,2H2,1H3,(H,8,9)/t4-,5+/m1/s1. The van der Waals surface area contributed by atoms with Gasteiger partial charge in [-0.3, -0.25) is 4.99 Å². The molecule has 0 unspecified atom stereocenters. The quantitative estimate of drug-likeness (QED) is 0.559. The van der Waals surface area contributed by atoms with E-state index in [0.717, 1.165) is 0 Å². The average Bonchev–Trinajstić information content (AvgIpc) is 2.14. The lowest BCUT2D eigenvalue weighted by Gasteiger charge is -1.98. The molecule has 3 heteroatoms. The molecule has 0 fully saturated rings. The lowest BCUT2D eigenvalue weighted by molar-refractivity contribution is -0.138. The second-order valence-electron chi connectivity index (χ2n) is 2.37. The minimum Gasteiger partial charge on any atom is -0.480 e. The highest BCUT2D eigenvalue weighted by Crippen LogP contribution is 2.13.